The number of H-pyrrole nitrogens is 1. The second-order valence-electron chi connectivity index (χ2n) is 6.23. The number of nitrogens with one attached hydrogen (secondary N) is 1. The monoisotopic (exact) mass is 330 g/mol. The summed E-state index contributed by atoms with van der Waals surface area (Å²) in [5, 5.41) is 0. The lowest BCUT2D eigenvalue weighted by Gasteiger charge is -2.31. The van der Waals surface area contributed by atoms with Gasteiger partial charge in [0.1, 0.15) is 6.54 Å². The predicted molar refractivity (Wildman–Crippen MR) is 89.7 cm³/mol. The van der Waals surface area contributed by atoms with Crippen LogP contribution < -0.4 is 11.2 Å². The molecule has 1 saturated heterocycles. The first-order chi connectivity index (χ1) is 11.6. The third kappa shape index (κ3) is 3.34. The SMILES string of the molecule is Cn1cccc1[C@@H]1CCCCCN1C(=O)Cn1ccc(=O)[nH]c1=O. The minimum absolute atomic E-state index is 0.0264. The first-order valence-electron chi connectivity index (χ1n) is 8.27. The Morgan fingerprint density at radius 3 is 2.75 bits per heavy atom. The second kappa shape index (κ2) is 6.90. The molecule has 3 heterocycles. The predicted octanol–water partition coefficient (Wildman–Crippen LogP) is 1.02. The number of carbonyl (C=O) groups excluding carboxylic acids is 1. The molecule has 1 aliphatic rings. The van der Waals surface area contributed by atoms with Crippen LogP contribution in [0.25, 0.3) is 0 Å². The largest absolute Gasteiger partial charge is 0.353 e. The first kappa shape index (κ1) is 16.3. The van der Waals surface area contributed by atoms with Crippen LogP contribution in [0.4, 0.5) is 0 Å². The van der Waals surface area contributed by atoms with E-state index >= 15 is 0 Å². The number of amides is 1. The van der Waals surface area contributed by atoms with Crippen molar-refractivity contribution in [2.24, 2.45) is 7.05 Å². The molecule has 1 fully saturated rings. The van der Waals surface area contributed by atoms with Crippen LogP contribution in [0.15, 0.2) is 40.2 Å². The van der Waals surface area contributed by atoms with Crippen LogP contribution in [-0.2, 0) is 18.4 Å². The fourth-order valence-corrected chi connectivity index (χ4v) is 3.34. The Labute approximate surface area is 139 Å². The summed E-state index contributed by atoms with van der Waals surface area (Å²) in [4.78, 5) is 39.9. The summed E-state index contributed by atoms with van der Waals surface area (Å²) < 4.78 is 3.29. The molecule has 0 bridgehead atoms. The quantitative estimate of drug-likeness (QED) is 0.912. The molecule has 3 rings (SSSR count). The van der Waals surface area contributed by atoms with Gasteiger partial charge in [-0.05, 0) is 25.0 Å². The van der Waals surface area contributed by atoms with E-state index < -0.39 is 11.2 Å². The lowest BCUT2D eigenvalue weighted by molar-refractivity contribution is -0.134. The third-order valence-corrected chi connectivity index (χ3v) is 4.60. The van der Waals surface area contributed by atoms with Gasteiger partial charge in [-0.15, -0.1) is 0 Å². The molecule has 128 valence electrons. The zero-order valence-corrected chi connectivity index (χ0v) is 13.8. The summed E-state index contributed by atoms with van der Waals surface area (Å²) in [6.45, 7) is 0.628. The molecule has 0 unspecified atom stereocenters. The lowest BCUT2D eigenvalue weighted by Crippen LogP contribution is -2.40. The summed E-state index contributed by atoms with van der Waals surface area (Å²) >= 11 is 0. The van der Waals surface area contributed by atoms with Crippen LogP contribution in [0.2, 0.25) is 0 Å². The van der Waals surface area contributed by atoms with E-state index in [-0.39, 0.29) is 18.5 Å². The summed E-state index contributed by atoms with van der Waals surface area (Å²) in [7, 11) is 1.98. The minimum atomic E-state index is -0.555. The van der Waals surface area contributed by atoms with E-state index in [2.05, 4.69) is 4.98 Å². The maximum atomic E-state index is 12.8. The summed E-state index contributed by atoms with van der Waals surface area (Å²) in [5.74, 6) is -0.0998. The number of carbonyl (C=O) groups is 1. The van der Waals surface area contributed by atoms with Gasteiger partial charge in [0.2, 0.25) is 5.91 Å². The summed E-state index contributed by atoms with van der Waals surface area (Å²) in [5.41, 5.74) is 0.0975. The molecule has 2 aromatic rings. The van der Waals surface area contributed by atoms with Gasteiger partial charge >= 0.3 is 5.69 Å². The Morgan fingerprint density at radius 2 is 2.04 bits per heavy atom. The first-order valence-corrected chi connectivity index (χ1v) is 8.27. The van der Waals surface area contributed by atoms with E-state index in [0.29, 0.717) is 6.54 Å². The van der Waals surface area contributed by atoms with Crippen LogP contribution >= 0.6 is 0 Å². The highest BCUT2D eigenvalue weighted by atomic mass is 16.2. The molecule has 24 heavy (non-hydrogen) atoms. The molecule has 2 aromatic heterocycles. The Kier molecular flexibility index (Phi) is 4.69. The van der Waals surface area contributed by atoms with E-state index in [9.17, 15) is 14.4 Å². The molecule has 0 spiro atoms. The number of aryl methyl sites for hydroxylation is 1. The summed E-state index contributed by atoms with van der Waals surface area (Å²) in [6, 6.07) is 5.31. The molecule has 1 N–H and O–H groups in total. The van der Waals surface area contributed by atoms with Crippen LogP contribution in [-0.4, -0.2) is 31.5 Å². The van der Waals surface area contributed by atoms with E-state index in [1.807, 2.05) is 34.8 Å². The van der Waals surface area contributed by atoms with Gasteiger partial charge in [-0.25, -0.2) is 4.79 Å². The van der Waals surface area contributed by atoms with Gasteiger partial charge in [0.15, 0.2) is 0 Å². The third-order valence-electron chi connectivity index (χ3n) is 4.60. The maximum absolute atomic E-state index is 12.8. The zero-order valence-electron chi connectivity index (χ0n) is 13.8. The van der Waals surface area contributed by atoms with Crippen LogP contribution in [0.5, 0.6) is 0 Å². The molecule has 1 atom stereocenters. The molecule has 1 aliphatic heterocycles. The molecule has 0 aliphatic carbocycles. The van der Waals surface area contributed by atoms with Gasteiger partial charge in [-0.2, -0.15) is 0 Å². The van der Waals surface area contributed by atoms with Crippen molar-refractivity contribution in [2.75, 3.05) is 6.54 Å². The standard InChI is InChI=1S/C17H22N4O3/c1-19-9-5-7-13(19)14-6-3-2-4-10-21(14)16(23)12-20-11-8-15(22)18-17(20)24/h5,7-9,11,14H,2-4,6,10,12H2,1H3,(H,18,22,24)/t14-/m0/s1. The van der Waals surface area contributed by atoms with Crippen LogP contribution in [0, 0.1) is 0 Å². The number of aromatic nitrogens is 3. The van der Waals surface area contributed by atoms with E-state index in [0.717, 1.165) is 31.4 Å². The number of aromatic amines is 1. The van der Waals surface area contributed by atoms with Gasteiger partial charge in [-0.1, -0.05) is 12.8 Å². The fourth-order valence-electron chi connectivity index (χ4n) is 3.34. The Hall–Kier alpha value is -2.57. The van der Waals surface area contributed by atoms with E-state index in [4.69, 9.17) is 0 Å². The highest BCUT2D eigenvalue weighted by molar-refractivity contribution is 5.76. The zero-order chi connectivity index (χ0) is 17.1. The lowest BCUT2D eigenvalue weighted by atomic mass is 10.1. The van der Waals surface area contributed by atoms with Crippen molar-refractivity contribution in [3.8, 4) is 0 Å². The number of hydrogen-bond donors (Lipinski definition) is 1. The van der Waals surface area contributed by atoms with Crippen molar-refractivity contribution in [2.45, 2.75) is 38.3 Å². The number of nitrogens with zero attached hydrogens (tertiary/aromatic N) is 3. The topological polar surface area (TPSA) is 80.1 Å². The van der Waals surface area contributed by atoms with Crippen molar-refractivity contribution >= 4 is 5.91 Å². The van der Waals surface area contributed by atoms with Gasteiger partial charge < -0.3 is 9.47 Å². The molecule has 7 nitrogen and oxygen atoms in total. The number of hydrogen-bond acceptors (Lipinski definition) is 3. The van der Waals surface area contributed by atoms with Crippen molar-refractivity contribution < 1.29 is 4.79 Å². The highest BCUT2D eigenvalue weighted by Gasteiger charge is 2.28. The van der Waals surface area contributed by atoms with Crippen molar-refractivity contribution in [3.05, 3.63) is 57.1 Å². The van der Waals surface area contributed by atoms with Crippen LogP contribution in [0.3, 0.4) is 0 Å². The Morgan fingerprint density at radius 1 is 1.21 bits per heavy atom. The van der Waals surface area contributed by atoms with Crippen LogP contribution in [0.1, 0.15) is 37.4 Å². The van der Waals surface area contributed by atoms with Crippen molar-refractivity contribution in [3.63, 3.8) is 0 Å². The normalized spacial score (nSPS) is 18.4. The van der Waals surface area contributed by atoms with Gasteiger partial charge in [-0.3, -0.25) is 19.1 Å². The van der Waals surface area contributed by atoms with E-state index in [1.165, 1.54) is 16.8 Å². The second-order valence-corrected chi connectivity index (χ2v) is 6.23. The van der Waals surface area contributed by atoms with Gasteiger partial charge in [0.05, 0.1) is 6.04 Å². The summed E-state index contributed by atoms with van der Waals surface area (Å²) in [6.07, 6.45) is 7.42. The molecular weight excluding hydrogens is 308 g/mol. The van der Waals surface area contributed by atoms with Gasteiger partial charge in [0.25, 0.3) is 5.56 Å². The molecule has 0 saturated carbocycles. The average Bonchev–Trinajstić information content (AvgIpc) is 2.82. The smallest absolute Gasteiger partial charge is 0.328 e. The maximum Gasteiger partial charge on any atom is 0.328 e. The molecule has 7 heteroatoms. The van der Waals surface area contributed by atoms with Crippen molar-refractivity contribution in [1.82, 2.24) is 19.0 Å². The highest BCUT2D eigenvalue weighted by Crippen LogP contribution is 2.30. The Bertz CT molecular complexity index is 833. The Balaban J connectivity index is 1.86. The number of rotatable bonds is 3. The van der Waals surface area contributed by atoms with E-state index in [1.54, 1.807) is 0 Å². The molecule has 0 aromatic carbocycles. The van der Waals surface area contributed by atoms with Gasteiger partial charge in [0, 0.05) is 37.7 Å². The average molecular weight is 330 g/mol. The fraction of sp³-hybridized carbons (Fsp3) is 0.471. The number of likely N-dealkylation sites (tertiary alicyclic amines) is 1. The van der Waals surface area contributed by atoms with Crippen molar-refractivity contribution in [1.29, 1.82) is 0 Å². The molecule has 1 amide bonds. The molecule has 0 radical (unpaired) electrons. The minimum Gasteiger partial charge on any atom is -0.353 e. The molecular formula is C17H22N4O3.